The molecule has 0 aromatic carbocycles. The molecule has 10 heavy (non-hydrogen) atoms. The lowest BCUT2D eigenvalue weighted by Crippen LogP contribution is -1.97. The summed E-state index contributed by atoms with van der Waals surface area (Å²) in [5.74, 6) is 0. The van der Waals surface area contributed by atoms with Crippen molar-refractivity contribution in [3.05, 3.63) is 18.5 Å². The van der Waals surface area contributed by atoms with Crippen molar-refractivity contribution >= 4 is 32.9 Å². The number of aromatic nitrogens is 2. The Morgan fingerprint density at radius 1 is 1.50 bits per heavy atom. The lowest BCUT2D eigenvalue weighted by molar-refractivity contribution is 0.607. The van der Waals surface area contributed by atoms with E-state index in [-0.39, 0.29) is 17.0 Å². The largest absolute Gasteiger partial charge is 0.273 e. The van der Waals surface area contributed by atoms with Crippen molar-refractivity contribution in [3.63, 3.8) is 0 Å². The van der Waals surface area contributed by atoms with Crippen molar-refractivity contribution in [3.8, 4) is 0 Å². The Morgan fingerprint density at radius 3 is 2.80 bits per heavy atom. The van der Waals surface area contributed by atoms with E-state index in [1.54, 1.807) is 6.20 Å². The zero-order valence-corrected chi connectivity index (χ0v) is 8.83. The number of hydrogen-bond donors (Lipinski definition) is 0. The summed E-state index contributed by atoms with van der Waals surface area (Å²) in [7, 11) is 0. The van der Waals surface area contributed by atoms with Gasteiger partial charge < -0.3 is 0 Å². The van der Waals surface area contributed by atoms with Gasteiger partial charge in [0.15, 0.2) is 0 Å². The van der Waals surface area contributed by atoms with Crippen LogP contribution in [-0.2, 0) is 6.54 Å². The van der Waals surface area contributed by atoms with Gasteiger partial charge in [-0.25, -0.2) is 0 Å². The zero-order chi connectivity index (χ0) is 6.53. The number of alkyl halides is 1. The van der Waals surface area contributed by atoms with Gasteiger partial charge in [0.1, 0.15) is 0 Å². The molecule has 0 N–H and O–H groups in total. The molecule has 0 amide bonds. The predicted molar refractivity (Wildman–Crippen MR) is 51.0 cm³/mol. The van der Waals surface area contributed by atoms with E-state index in [1.807, 2.05) is 16.9 Å². The van der Waals surface area contributed by atoms with E-state index in [0.717, 1.165) is 18.3 Å². The summed E-state index contributed by atoms with van der Waals surface area (Å²) in [6, 6.07) is 1.94. The third-order valence-electron chi connectivity index (χ3n) is 1.08. The lowest BCUT2D eigenvalue weighted by Gasteiger charge is -1.95. The van der Waals surface area contributed by atoms with Crippen LogP contribution in [0, 0.1) is 0 Å². The van der Waals surface area contributed by atoms with Crippen LogP contribution in [0.4, 0.5) is 0 Å². The molecule has 0 spiro atoms. The fourth-order valence-electron chi connectivity index (χ4n) is 0.654. The molecular weight excluding hydrogens is 260 g/mol. The highest BCUT2D eigenvalue weighted by atomic mass is 79.9. The molecule has 2 nitrogen and oxygen atoms in total. The Hall–Kier alpha value is 0.170. The van der Waals surface area contributed by atoms with Crippen molar-refractivity contribution in [2.24, 2.45) is 0 Å². The first kappa shape index (κ1) is 10.2. The lowest BCUT2D eigenvalue weighted by atomic mass is 10.5. The Bertz CT molecular complexity index is 151. The molecule has 0 fully saturated rings. The van der Waals surface area contributed by atoms with Crippen LogP contribution in [0.15, 0.2) is 18.5 Å². The average molecular weight is 270 g/mol. The van der Waals surface area contributed by atoms with E-state index < -0.39 is 0 Å². The Balaban J connectivity index is 0.000000810. The Morgan fingerprint density at radius 2 is 2.30 bits per heavy atom. The SMILES string of the molecule is Br.BrCCCn1cccn1. The van der Waals surface area contributed by atoms with Crippen LogP contribution >= 0.6 is 32.9 Å². The van der Waals surface area contributed by atoms with Gasteiger partial charge in [-0.3, -0.25) is 4.68 Å². The fraction of sp³-hybridized carbons (Fsp3) is 0.500. The molecule has 0 aliphatic carbocycles. The smallest absolute Gasteiger partial charge is 0.0489 e. The van der Waals surface area contributed by atoms with Crippen molar-refractivity contribution < 1.29 is 0 Å². The maximum absolute atomic E-state index is 4.05. The highest BCUT2D eigenvalue weighted by Gasteiger charge is 1.86. The third kappa shape index (κ3) is 3.37. The highest BCUT2D eigenvalue weighted by Crippen LogP contribution is 1.91. The third-order valence-corrected chi connectivity index (χ3v) is 1.64. The summed E-state index contributed by atoms with van der Waals surface area (Å²) < 4.78 is 1.93. The Kier molecular flexibility index (Phi) is 6.02. The monoisotopic (exact) mass is 268 g/mol. The number of aryl methyl sites for hydroxylation is 1. The molecule has 0 atom stereocenters. The molecule has 0 radical (unpaired) electrons. The molecule has 58 valence electrons. The molecule has 1 heterocycles. The van der Waals surface area contributed by atoms with Crippen LogP contribution in [0.25, 0.3) is 0 Å². The summed E-state index contributed by atoms with van der Waals surface area (Å²) in [4.78, 5) is 0. The van der Waals surface area contributed by atoms with Gasteiger partial charge in [-0.05, 0) is 12.5 Å². The van der Waals surface area contributed by atoms with E-state index in [2.05, 4.69) is 21.0 Å². The first-order valence-corrected chi connectivity index (χ1v) is 4.09. The molecule has 1 aromatic heterocycles. The quantitative estimate of drug-likeness (QED) is 0.770. The van der Waals surface area contributed by atoms with Gasteiger partial charge in [-0.1, -0.05) is 15.9 Å². The molecule has 0 aliphatic heterocycles. The molecule has 0 aliphatic rings. The predicted octanol–water partition coefficient (Wildman–Crippen LogP) is 2.25. The van der Waals surface area contributed by atoms with E-state index in [0.29, 0.717) is 0 Å². The molecular formula is C6H10Br2N2. The van der Waals surface area contributed by atoms with Gasteiger partial charge in [0.05, 0.1) is 0 Å². The van der Waals surface area contributed by atoms with Gasteiger partial charge in [-0.15, -0.1) is 17.0 Å². The summed E-state index contributed by atoms with van der Waals surface area (Å²) in [6.07, 6.45) is 4.92. The van der Waals surface area contributed by atoms with E-state index in [9.17, 15) is 0 Å². The molecule has 0 saturated heterocycles. The maximum Gasteiger partial charge on any atom is 0.0489 e. The average Bonchev–Trinajstić information content (AvgIpc) is 2.34. The number of nitrogens with zero attached hydrogens (tertiary/aromatic N) is 2. The van der Waals surface area contributed by atoms with E-state index in [4.69, 9.17) is 0 Å². The topological polar surface area (TPSA) is 17.8 Å². The molecule has 1 rings (SSSR count). The number of halogens is 2. The van der Waals surface area contributed by atoms with Gasteiger partial charge in [-0.2, -0.15) is 5.10 Å². The highest BCUT2D eigenvalue weighted by molar-refractivity contribution is 9.09. The van der Waals surface area contributed by atoms with Crippen molar-refractivity contribution in [1.29, 1.82) is 0 Å². The molecule has 1 aromatic rings. The second-order valence-corrected chi connectivity index (χ2v) is 2.60. The van der Waals surface area contributed by atoms with E-state index >= 15 is 0 Å². The fourth-order valence-corrected chi connectivity index (χ4v) is 0.905. The van der Waals surface area contributed by atoms with Crippen LogP contribution in [0.2, 0.25) is 0 Å². The molecule has 0 bridgehead atoms. The molecule has 0 unspecified atom stereocenters. The summed E-state index contributed by atoms with van der Waals surface area (Å²) in [5, 5.41) is 5.10. The first-order chi connectivity index (χ1) is 4.43. The van der Waals surface area contributed by atoms with Crippen molar-refractivity contribution in [1.82, 2.24) is 9.78 Å². The summed E-state index contributed by atoms with van der Waals surface area (Å²) in [6.45, 7) is 1.01. The van der Waals surface area contributed by atoms with Crippen LogP contribution in [0.3, 0.4) is 0 Å². The first-order valence-electron chi connectivity index (χ1n) is 2.97. The van der Waals surface area contributed by atoms with Crippen LogP contribution in [0.1, 0.15) is 6.42 Å². The maximum atomic E-state index is 4.05. The second-order valence-electron chi connectivity index (χ2n) is 1.81. The van der Waals surface area contributed by atoms with Crippen LogP contribution < -0.4 is 0 Å². The summed E-state index contributed by atoms with van der Waals surface area (Å²) in [5.41, 5.74) is 0. The zero-order valence-electron chi connectivity index (χ0n) is 5.53. The number of hydrogen-bond acceptors (Lipinski definition) is 1. The summed E-state index contributed by atoms with van der Waals surface area (Å²) >= 11 is 3.35. The second kappa shape index (κ2) is 5.92. The van der Waals surface area contributed by atoms with Crippen LogP contribution in [0.5, 0.6) is 0 Å². The standard InChI is InChI=1S/C6H9BrN2.BrH/c7-3-1-5-9-6-2-4-8-9;/h2,4,6H,1,3,5H2;1H. The van der Waals surface area contributed by atoms with Crippen molar-refractivity contribution in [2.45, 2.75) is 13.0 Å². The van der Waals surface area contributed by atoms with Gasteiger partial charge >= 0.3 is 0 Å². The minimum atomic E-state index is 0. The minimum absolute atomic E-state index is 0. The molecule has 4 heteroatoms. The van der Waals surface area contributed by atoms with E-state index in [1.165, 1.54) is 0 Å². The van der Waals surface area contributed by atoms with Gasteiger partial charge in [0.2, 0.25) is 0 Å². The van der Waals surface area contributed by atoms with Crippen LogP contribution in [-0.4, -0.2) is 15.1 Å². The minimum Gasteiger partial charge on any atom is -0.273 e. The number of rotatable bonds is 3. The normalized spacial score (nSPS) is 8.90. The van der Waals surface area contributed by atoms with Crippen molar-refractivity contribution in [2.75, 3.05) is 5.33 Å². The van der Waals surface area contributed by atoms with Gasteiger partial charge in [0.25, 0.3) is 0 Å². The molecule has 0 saturated carbocycles. The Labute approximate surface area is 79.5 Å². The van der Waals surface area contributed by atoms with Gasteiger partial charge in [0, 0.05) is 24.3 Å².